The highest BCUT2D eigenvalue weighted by Crippen LogP contribution is 2.39. The number of nitrogens with zero attached hydrogens (tertiary/aromatic N) is 1. The van der Waals surface area contributed by atoms with Gasteiger partial charge >= 0.3 is 12.0 Å². The molecule has 1 heterocycles. The molecule has 3 amide bonds. The summed E-state index contributed by atoms with van der Waals surface area (Å²) in [7, 11) is 1.43. The van der Waals surface area contributed by atoms with Gasteiger partial charge in [0, 0.05) is 13.1 Å². The van der Waals surface area contributed by atoms with E-state index < -0.39 is 23.9 Å². The van der Waals surface area contributed by atoms with Crippen molar-refractivity contribution in [3.05, 3.63) is 0 Å². The number of carbonyl (C=O) groups is 3. The van der Waals surface area contributed by atoms with E-state index in [2.05, 4.69) is 10.6 Å². The second-order valence-corrected chi connectivity index (χ2v) is 5.50. The summed E-state index contributed by atoms with van der Waals surface area (Å²) in [5, 5.41) is 13.8. The largest absolute Gasteiger partial charge is 0.480 e. The van der Waals surface area contributed by atoms with Crippen LogP contribution in [0.25, 0.3) is 0 Å². The van der Waals surface area contributed by atoms with Crippen molar-refractivity contribution in [2.75, 3.05) is 13.6 Å². The molecule has 2 fully saturated rings. The van der Waals surface area contributed by atoms with Crippen LogP contribution >= 0.6 is 0 Å². The first kappa shape index (κ1) is 14.8. The Morgan fingerprint density at radius 3 is 2.60 bits per heavy atom. The molecule has 1 aliphatic carbocycles. The third-order valence-corrected chi connectivity index (χ3v) is 4.31. The van der Waals surface area contributed by atoms with Gasteiger partial charge < -0.3 is 10.4 Å². The van der Waals surface area contributed by atoms with Gasteiger partial charge in [-0.25, -0.2) is 4.79 Å². The third kappa shape index (κ3) is 3.09. The first-order chi connectivity index (χ1) is 9.52. The molecule has 2 rings (SSSR count). The summed E-state index contributed by atoms with van der Waals surface area (Å²) in [6, 6.07) is -1.03. The molecule has 1 saturated carbocycles. The lowest BCUT2D eigenvalue weighted by Gasteiger charge is -2.32. The van der Waals surface area contributed by atoms with Crippen LogP contribution in [0.5, 0.6) is 0 Å². The van der Waals surface area contributed by atoms with Gasteiger partial charge in [0.15, 0.2) is 0 Å². The fraction of sp³-hybridized carbons (Fsp3) is 0.769. The highest BCUT2D eigenvalue weighted by atomic mass is 16.4. The van der Waals surface area contributed by atoms with Crippen molar-refractivity contribution in [2.24, 2.45) is 5.92 Å². The third-order valence-electron chi connectivity index (χ3n) is 4.31. The highest BCUT2D eigenvalue weighted by Gasteiger charge is 2.45. The fourth-order valence-electron chi connectivity index (χ4n) is 3.42. The molecule has 0 radical (unpaired) electrons. The standard InChI is InChI=1S/C13H21N3O4/c1-14-13(20)15-11(17)7-16-9-5-3-2-4-8(9)6-10(16)12(18)19/h8-10H,2-7H2,1H3,(H,18,19)(H2,14,15,17,20). The molecule has 20 heavy (non-hydrogen) atoms. The number of imide groups is 1. The average molecular weight is 283 g/mol. The van der Waals surface area contributed by atoms with Crippen LogP contribution in [0.1, 0.15) is 32.1 Å². The number of nitrogens with one attached hydrogen (secondary N) is 2. The normalized spacial score (nSPS) is 29.6. The molecule has 3 atom stereocenters. The number of likely N-dealkylation sites (tertiary alicyclic amines) is 1. The van der Waals surface area contributed by atoms with Crippen LogP contribution in [0.4, 0.5) is 4.79 Å². The summed E-state index contributed by atoms with van der Waals surface area (Å²) in [4.78, 5) is 36.0. The summed E-state index contributed by atoms with van der Waals surface area (Å²) >= 11 is 0. The van der Waals surface area contributed by atoms with E-state index in [0.29, 0.717) is 12.3 Å². The van der Waals surface area contributed by atoms with Crippen LogP contribution < -0.4 is 10.6 Å². The van der Waals surface area contributed by atoms with E-state index in [4.69, 9.17) is 0 Å². The van der Waals surface area contributed by atoms with Gasteiger partial charge in [0.25, 0.3) is 0 Å². The quantitative estimate of drug-likeness (QED) is 0.685. The molecule has 0 aromatic carbocycles. The number of urea groups is 1. The van der Waals surface area contributed by atoms with E-state index in [1.165, 1.54) is 7.05 Å². The van der Waals surface area contributed by atoms with Gasteiger partial charge in [0.05, 0.1) is 6.54 Å². The van der Waals surface area contributed by atoms with Crippen LogP contribution in [0.15, 0.2) is 0 Å². The summed E-state index contributed by atoms with van der Waals surface area (Å²) in [6.07, 6.45) is 4.77. The Bertz CT molecular complexity index is 412. The molecule has 7 nitrogen and oxygen atoms in total. The number of hydrogen-bond donors (Lipinski definition) is 3. The van der Waals surface area contributed by atoms with Crippen molar-refractivity contribution in [3.63, 3.8) is 0 Å². The molecule has 0 bridgehead atoms. The molecule has 3 N–H and O–H groups in total. The van der Waals surface area contributed by atoms with Crippen LogP contribution in [-0.2, 0) is 9.59 Å². The molecule has 0 spiro atoms. The van der Waals surface area contributed by atoms with Crippen LogP contribution in [0, 0.1) is 5.92 Å². The van der Waals surface area contributed by atoms with Crippen molar-refractivity contribution in [2.45, 2.75) is 44.2 Å². The predicted molar refractivity (Wildman–Crippen MR) is 71.1 cm³/mol. The van der Waals surface area contributed by atoms with E-state index in [-0.39, 0.29) is 12.6 Å². The minimum Gasteiger partial charge on any atom is -0.480 e. The van der Waals surface area contributed by atoms with E-state index in [0.717, 1.165) is 25.7 Å². The Labute approximate surface area is 117 Å². The minimum absolute atomic E-state index is 0.0362. The zero-order valence-corrected chi connectivity index (χ0v) is 11.6. The molecule has 2 aliphatic rings. The summed E-state index contributed by atoms with van der Waals surface area (Å²) in [5.74, 6) is -0.980. The Balaban J connectivity index is 2.03. The minimum atomic E-state index is -0.882. The Kier molecular flexibility index (Phi) is 4.59. The van der Waals surface area contributed by atoms with Crippen LogP contribution in [0.2, 0.25) is 0 Å². The zero-order valence-electron chi connectivity index (χ0n) is 11.6. The van der Waals surface area contributed by atoms with E-state index in [1.807, 2.05) is 0 Å². The lowest BCUT2D eigenvalue weighted by molar-refractivity contribution is -0.143. The van der Waals surface area contributed by atoms with E-state index >= 15 is 0 Å². The first-order valence-corrected chi connectivity index (χ1v) is 7.03. The van der Waals surface area contributed by atoms with Gasteiger partial charge in [-0.1, -0.05) is 12.8 Å². The maximum Gasteiger partial charge on any atom is 0.321 e. The molecule has 0 aromatic heterocycles. The summed E-state index contributed by atoms with van der Waals surface area (Å²) in [5.41, 5.74) is 0. The van der Waals surface area contributed by atoms with Crippen molar-refractivity contribution in [1.29, 1.82) is 0 Å². The number of carboxylic acid groups (broad SMARTS) is 1. The molecule has 7 heteroatoms. The monoisotopic (exact) mass is 283 g/mol. The van der Waals surface area contributed by atoms with Crippen molar-refractivity contribution >= 4 is 17.9 Å². The van der Waals surface area contributed by atoms with E-state index in [9.17, 15) is 19.5 Å². The summed E-state index contributed by atoms with van der Waals surface area (Å²) < 4.78 is 0. The number of amides is 3. The fourth-order valence-corrected chi connectivity index (χ4v) is 3.42. The van der Waals surface area contributed by atoms with E-state index in [1.54, 1.807) is 4.90 Å². The molecule has 3 unspecified atom stereocenters. The number of carbonyl (C=O) groups excluding carboxylic acids is 2. The molecule has 0 aromatic rings. The Morgan fingerprint density at radius 1 is 1.25 bits per heavy atom. The SMILES string of the molecule is CNC(=O)NC(=O)CN1C(C(=O)O)CC2CCCCC21. The van der Waals surface area contributed by atoms with Crippen molar-refractivity contribution in [3.8, 4) is 0 Å². The Morgan fingerprint density at radius 2 is 1.95 bits per heavy atom. The van der Waals surface area contributed by atoms with Gasteiger partial charge in [-0.2, -0.15) is 0 Å². The maximum absolute atomic E-state index is 11.8. The van der Waals surface area contributed by atoms with Gasteiger partial charge in [0.1, 0.15) is 6.04 Å². The number of carboxylic acids is 1. The average Bonchev–Trinajstić information content (AvgIpc) is 2.78. The predicted octanol–water partition coefficient (Wildman–Crippen LogP) is 0.160. The van der Waals surface area contributed by atoms with Crippen LogP contribution in [0.3, 0.4) is 0 Å². The van der Waals surface area contributed by atoms with Gasteiger partial charge in [0.2, 0.25) is 5.91 Å². The second-order valence-electron chi connectivity index (χ2n) is 5.50. The second kappa shape index (κ2) is 6.21. The lowest BCUT2D eigenvalue weighted by atomic mass is 9.85. The lowest BCUT2D eigenvalue weighted by Crippen LogP contribution is -2.49. The smallest absolute Gasteiger partial charge is 0.321 e. The molecule has 1 aliphatic heterocycles. The van der Waals surface area contributed by atoms with Crippen LogP contribution in [-0.4, -0.2) is 53.6 Å². The highest BCUT2D eigenvalue weighted by molar-refractivity contribution is 5.95. The van der Waals surface area contributed by atoms with Gasteiger partial charge in [-0.05, 0) is 25.2 Å². The maximum atomic E-state index is 11.8. The zero-order chi connectivity index (χ0) is 14.7. The first-order valence-electron chi connectivity index (χ1n) is 7.03. The Hall–Kier alpha value is -1.63. The van der Waals surface area contributed by atoms with Gasteiger partial charge in [-0.3, -0.25) is 19.8 Å². The van der Waals surface area contributed by atoms with Crippen molar-refractivity contribution in [1.82, 2.24) is 15.5 Å². The molecule has 112 valence electrons. The molecular formula is C13H21N3O4. The number of rotatable bonds is 3. The molecule has 1 saturated heterocycles. The topological polar surface area (TPSA) is 98.7 Å². The molecular weight excluding hydrogens is 262 g/mol. The summed E-state index contributed by atoms with van der Waals surface area (Å²) in [6.45, 7) is -0.0362. The number of fused-ring (bicyclic) bond motifs is 1. The van der Waals surface area contributed by atoms with Crippen molar-refractivity contribution < 1.29 is 19.5 Å². The number of hydrogen-bond acceptors (Lipinski definition) is 4. The van der Waals surface area contributed by atoms with Gasteiger partial charge in [-0.15, -0.1) is 0 Å². The number of aliphatic carboxylic acids is 1.